The van der Waals surface area contributed by atoms with Crippen molar-refractivity contribution in [2.75, 3.05) is 21.0 Å². The van der Waals surface area contributed by atoms with E-state index in [4.69, 9.17) is 18.9 Å². The monoisotopic (exact) mass is 342 g/mol. The molecule has 1 saturated carbocycles. The molecule has 0 heterocycles. The number of rotatable bonds is 8. The lowest BCUT2D eigenvalue weighted by Crippen LogP contribution is -2.06. The molecule has 25 heavy (non-hydrogen) atoms. The lowest BCUT2D eigenvalue weighted by atomic mass is 10.0. The van der Waals surface area contributed by atoms with Crippen molar-refractivity contribution in [2.45, 2.75) is 25.4 Å². The Bertz CT molecular complexity index is 719. The van der Waals surface area contributed by atoms with Gasteiger partial charge in [-0.05, 0) is 48.2 Å². The van der Waals surface area contributed by atoms with Gasteiger partial charge in [0.2, 0.25) is 0 Å². The van der Waals surface area contributed by atoms with E-state index in [1.54, 1.807) is 19.2 Å². The molecule has 132 valence electrons. The third-order valence-electron chi connectivity index (χ3n) is 3.97. The van der Waals surface area contributed by atoms with Crippen LogP contribution in [0, 0.1) is 0 Å². The Morgan fingerprint density at radius 3 is 2.48 bits per heavy atom. The summed E-state index contributed by atoms with van der Waals surface area (Å²) in [5, 5.41) is 0. The summed E-state index contributed by atoms with van der Waals surface area (Å²) in [6.07, 6.45) is 3.37. The van der Waals surface area contributed by atoms with Crippen LogP contribution in [0.5, 0.6) is 11.5 Å². The fraction of sp³-hybridized carbons (Fsp3) is 0.350. The van der Waals surface area contributed by atoms with Crippen LogP contribution in [0.2, 0.25) is 0 Å². The molecule has 0 unspecified atom stereocenters. The van der Waals surface area contributed by atoms with E-state index in [0.29, 0.717) is 23.8 Å². The van der Waals surface area contributed by atoms with Crippen LogP contribution in [0.3, 0.4) is 0 Å². The van der Waals surface area contributed by atoms with Crippen LogP contribution in [-0.4, -0.2) is 33.1 Å². The average molecular weight is 342 g/mol. The fourth-order valence-electron chi connectivity index (χ4n) is 2.49. The maximum Gasteiger partial charge on any atom is 0.337 e. The van der Waals surface area contributed by atoms with Crippen molar-refractivity contribution >= 4 is 5.97 Å². The highest BCUT2D eigenvalue weighted by molar-refractivity contribution is 5.89. The first-order valence-electron chi connectivity index (χ1n) is 8.28. The summed E-state index contributed by atoms with van der Waals surface area (Å²) in [6.45, 7) is 0.117. The Labute approximate surface area is 147 Å². The van der Waals surface area contributed by atoms with Crippen LogP contribution in [0.4, 0.5) is 0 Å². The molecule has 0 atom stereocenters. The molecule has 5 heteroatoms. The van der Waals surface area contributed by atoms with E-state index >= 15 is 0 Å². The van der Waals surface area contributed by atoms with Gasteiger partial charge in [0.05, 0.1) is 18.8 Å². The molecule has 0 amide bonds. The SMILES string of the molecule is COCOc1cc(C(=O)OC)ccc1Cc1ccc(OC2CC2)cc1. The molecule has 0 N–H and O–H groups in total. The van der Waals surface area contributed by atoms with Gasteiger partial charge in [-0.3, -0.25) is 0 Å². The molecule has 0 aromatic heterocycles. The molecule has 5 nitrogen and oxygen atoms in total. The second-order valence-corrected chi connectivity index (χ2v) is 6.00. The second-order valence-electron chi connectivity index (χ2n) is 6.00. The van der Waals surface area contributed by atoms with Gasteiger partial charge in [0, 0.05) is 13.5 Å². The van der Waals surface area contributed by atoms with E-state index in [-0.39, 0.29) is 6.79 Å². The van der Waals surface area contributed by atoms with Crippen LogP contribution >= 0.6 is 0 Å². The van der Waals surface area contributed by atoms with Gasteiger partial charge >= 0.3 is 5.97 Å². The van der Waals surface area contributed by atoms with E-state index in [1.807, 2.05) is 30.3 Å². The standard InChI is InChI=1S/C20H22O5/c1-22-13-24-19-12-16(20(21)23-2)6-5-15(19)11-14-3-7-17(8-4-14)25-18-9-10-18/h3-8,12,18H,9-11,13H2,1-2H3. The summed E-state index contributed by atoms with van der Waals surface area (Å²) < 4.78 is 21.1. The van der Waals surface area contributed by atoms with Gasteiger partial charge in [-0.15, -0.1) is 0 Å². The molecule has 1 fully saturated rings. The minimum absolute atomic E-state index is 0.117. The third-order valence-corrected chi connectivity index (χ3v) is 3.97. The van der Waals surface area contributed by atoms with Crippen molar-refractivity contribution in [3.63, 3.8) is 0 Å². The van der Waals surface area contributed by atoms with Crippen molar-refractivity contribution in [3.8, 4) is 11.5 Å². The smallest absolute Gasteiger partial charge is 0.337 e. The zero-order valence-corrected chi connectivity index (χ0v) is 14.5. The van der Waals surface area contributed by atoms with Crippen LogP contribution < -0.4 is 9.47 Å². The minimum atomic E-state index is -0.393. The van der Waals surface area contributed by atoms with Gasteiger partial charge in [0.25, 0.3) is 0 Å². The number of ether oxygens (including phenoxy) is 4. The van der Waals surface area contributed by atoms with Gasteiger partial charge in [0.15, 0.2) is 6.79 Å². The molecule has 2 aromatic carbocycles. The summed E-state index contributed by atoms with van der Waals surface area (Å²) in [7, 11) is 2.92. The number of methoxy groups -OCH3 is 2. The predicted molar refractivity (Wildman–Crippen MR) is 93.2 cm³/mol. The quantitative estimate of drug-likeness (QED) is 0.542. The average Bonchev–Trinajstić information content (AvgIpc) is 3.45. The van der Waals surface area contributed by atoms with E-state index in [0.717, 1.165) is 29.7 Å². The molecular weight excluding hydrogens is 320 g/mol. The summed E-state index contributed by atoms with van der Waals surface area (Å²) in [5.41, 5.74) is 2.56. The normalized spacial score (nSPS) is 13.4. The van der Waals surface area contributed by atoms with Gasteiger partial charge in [-0.25, -0.2) is 4.79 Å². The maximum absolute atomic E-state index is 11.7. The molecule has 0 aliphatic heterocycles. The number of benzene rings is 2. The van der Waals surface area contributed by atoms with Crippen molar-refractivity contribution in [3.05, 3.63) is 59.2 Å². The Balaban J connectivity index is 1.75. The zero-order chi connectivity index (χ0) is 17.6. The van der Waals surface area contributed by atoms with E-state index in [2.05, 4.69) is 0 Å². The lowest BCUT2D eigenvalue weighted by molar-refractivity contribution is 0.0498. The van der Waals surface area contributed by atoms with Crippen LogP contribution in [0.15, 0.2) is 42.5 Å². The number of esters is 1. The molecule has 1 aliphatic carbocycles. The maximum atomic E-state index is 11.7. The second kappa shape index (κ2) is 8.03. The van der Waals surface area contributed by atoms with Gasteiger partial charge in [0.1, 0.15) is 11.5 Å². The summed E-state index contributed by atoms with van der Waals surface area (Å²) in [6, 6.07) is 13.4. The first-order valence-corrected chi connectivity index (χ1v) is 8.28. The highest BCUT2D eigenvalue weighted by Crippen LogP contribution is 2.28. The van der Waals surface area contributed by atoms with Crippen molar-refractivity contribution in [1.29, 1.82) is 0 Å². The lowest BCUT2D eigenvalue weighted by Gasteiger charge is -2.13. The molecule has 1 aliphatic rings. The minimum Gasteiger partial charge on any atom is -0.490 e. The van der Waals surface area contributed by atoms with E-state index in [1.165, 1.54) is 7.11 Å². The summed E-state index contributed by atoms with van der Waals surface area (Å²) in [4.78, 5) is 11.7. The molecular formula is C20H22O5. The van der Waals surface area contributed by atoms with Gasteiger partial charge in [-0.2, -0.15) is 0 Å². The first kappa shape index (κ1) is 17.3. The van der Waals surface area contributed by atoms with Crippen molar-refractivity contribution in [1.82, 2.24) is 0 Å². The van der Waals surface area contributed by atoms with Crippen molar-refractivity contribution in [2.24, 2.45) is 0 Å². The zero-order valence-electron chi connectivity index (χ0n) is 14.5. The van der Waals surface area contributed by atoms with Crippen molar-refractivity contribution < 1.29 is 23.7 Å². The Kier molecular flexibility index (Phi) is 5.56. The molecule has 2 aromatic rings. The predicted octanol–water partition coefficient (Wildman–Crippen LogP) is 3.59. The first-order chi connectivity index (χ1) is 12.2. The molecule has 0 radical (unpaired) electrons. The number of hydrogen-bond donors (Lipinski definition) is 0. The topological polar surface area (TPSA) is 54.0 Å². The highest BCUT2D eigenvalue weighted by Gasteiger charge is 2.23. The van der Waals surface area contributed by atoms with Gasteiger partial charge < -0.3 is 18.9 Å². The van der Waals surface area contributed by atoms with Crippen LogP contribution in [0.25, 0.3) is 0 Å². The summed E-state index contributed by atoms with van der Waals surface area (Å²) >= 11 is 0. The summed E-state index contributed by atoms with van der Waals surface area (Å²) in [5.74, 6) is 1.13. The molecule has 0 spiro atoms. The largest absolute Gasteiger partial charge is 0.490 e. The van der Waals surface area contributed by atoms with E-state index < -0.39 is 5.97 Å². The van der Waals surface area contributed by atoms with Crippen LogP contribution in [0.1, 0.15) is 34.3 Å². The Morgan fingerprint density at radius 2 is 1.84 bits per heavy atom. The Morgan fingerprint density at radius 1 is 1.08 bits per heavy atom. The molecule has 0 saturated heterocycles. The van der Waals surface area contributed by atoms with E-state index in [9.17, 15) is 4.79 Å². The van der Waals surface area contributed by atoms with Gasteiger partial charge in [-0.1, -0.05) is 18.2 Å². The fourth-order valence-corrected chi connectivity index (χ4v) is 2.49. The number of hydrogen-bond acceptors (Lipinski definition) is 5. The molecule has 3 rings (SSSR count). The Hall–Kier alpha value is -2.53. The molecule has 0 bridgehead atoms. The third kappa shape index (κ3) is 4.73. The highest BCUT2D eigenvalue weighted by atomic mass is 16.7. The van der Waals surface area contributed by atoms with Crippen LogP contribution in [-0.2, 0) is 15.9 Å². The number of carbonyl (C=O) groups is 1. The number of carbonyl (C=O) groups excluding carboxylic acids is 1.